The summed E-state index contributed by atoms with van der Waals surface area (Å²) in [5.41, 5.74) is 8.11. The van der Waals surface area contributed by atoms with E-state index in [-0.39, 0.29) is 0 Å². The van der Waals surface area contributed by atoms with Gasteiger partial charge in [-0.3, -0.25) is 0 Å². The van der Waals surface area contributed by atoms with Gasteiger partial charge in [0.1, 0.15) is 0 Å². The third-order valence-corrected chi connectivity index (χ3v) is 9.81. The van der Waals surface area contributed by atoms with Crippen molar-refractivity contribution >= 4 is 64.0 Å². The molecule has 0 saturated carbocycles. The van der Waals surface area contributed by atoms with E-state index in [0.29, 0.717) is 0 Å². The Morgan fingerprint density at radius 2 is 0.953 bits per heavy atom. The van der Waals surface area contributed by atoms with Gasteiger partial charge in [-0.15, -0.1) is 11.3 Å². The molecule has 0 bridgehead atoms. The van der Waals surface area contributed by atoms with Crippen LogP contribution in [0, 0.1) is 0 Å². The molecule has 0 fully saturated rings. The SMILES string of the molecule is c1cc(-c2ccc3cc(-c4ccc5ccccc5c4)ccc3c2)cc(-c2nc3ccccc3c3sc4ccccc4c23)c1. The standard InChI is InChI=1S/C41H25NS/c1-2-9-27-22-30(17-16-26(27)8-1)32-21-20-31-23-29(18-19-33(31)24-32)28-10-7-11-34(25-28)40-39-36-13-4-6-15-38(36)43-41(39)35-12-3-5-14-37(35)42-40/h1-25H. The zero-order chi connectivity index (χ0) is 28.3. The minimum absolute atomic E-state index is 1.04. The summed E-state index contributed by atoms with van der Waals surface area (Å²) in [4.78, 5) is 5.24. The second-order valence-corrected chi connectivity index (χ2v) is 12.3. The highest BCUT2D eigenvalue weighted by molar-refractivity contribution is 7.26. The highest BCUT2D eigenvalue weighted by Gasteiger charge is 2.16. The third kappa shape index (κ3) is 4.03. The van der Waals surface area contributed by atoms with Gasteiger partial charge < -0.3 is 0 Å². The lowest BCUT2D eigenvalue weighted by molar-refractivity contribution is 1.43. The highest BCUT2D eigenvalue weighted by atomic mass is 32.1. The van der Waals surface area contributed by atoms with Crippen LogP contribution in [0.25, 0.3) is 86.1 Å². The number of thiophene rings is 1. The van der Waals surface area contributed by atoms with Crippen LogP contribution in [0.15, 0.2) is 152 Å². The Morgan fingerprint density at radius 3 is 1.72 bits per heavy atom. The third-order valence-electron chi connectivity index (χ3n) is 8.61. The largest absolute Gasteiger partial charge is 0.247 e. The second kappa shape index (κ2) is 9.62. The van der Waals surface area contributed by atoms with Crippen molar-refractivity contribution in [3.63, 3.8) is 0 Å². The quantitative estimate of drug-likeness (QED) is 0.208. The first-order chi connectivity index (χ1) is 21.3. The normalized spacial score (nSPS) is 11.7. The molecule has 2 heterocycles. The van der Waals surface area contributed by atoms with Gasteiger partial charge in [-0.2, -0.15) is 0 Å². The second-order valence-electron chi connectivity index (χ2n) is 11.2. The number of hydrogen-bond donors (Lipinski definition) is 0. The predicted octanol–water partition coefficient (Wildman–Crippen LogP) is 11.9. The van der Waals surface area contributed by atoms with E-state index in [1.54, 1.807) is 0 Å². The Kier molecular flexibility index (Phi) is 5.44. The van der Waals surface area contributed by atoms with Gasteiger partial charge in [0, 0.05) is 31.1 Å². The van der Waals surface area contributed by atoms with E-state index in [9.17, 15) is 0 Å². The van der Waals surface area contributed by atoms with Crippen molar-refractivity contribution in [3.05, 3.63) is 152 Å². The van der Waals surface area contributed by atoms with Crippen molar-refractivity contribution in [2.75, 3.05) is 0 Å². The average Bonchev–Trinajstić information content (AvgIpc) is 3.47. The number of rotatable bonds is 3. The number of benzene rings is 7. The number of pyridine rings is 1. The summed E-state index contributed by atoms with van der Waals surface area (Å²) in [6, 6.07) is 54.9. The summed E-state index contributed by atoms with van der Waals surface area (Å²) in [6.07, 6.45) is 0. The van der Waals surface area contributed by atoms with Crippen molar-refractivity contribution in [2.24, 2.45) is 0 Å². The summed E-state index contributed by atoms with van der Waals surface area (Å²) in [5.74, 6) is 0. The molecule has 9 aromatic rings. The summed E-state index contributed by atoms with van der Waals surface area (Å²) >= 11 is 1.86. The van der Waals surface area contributed by atoms with E-state index in [0.717, 1.165) is 16.8 Å². The fourth-order valence-electron chi connectivity index (χ4n) is 6.44. The lowest BCUT2D eigenvalue weighted by Crippen LogP contribution is -1.89. The molecule has 43 heavy (non-hydrogen) atoms. The molecule has 0 aliphatic rings. The molecule has 2 heteroatoms. The van der Waals surface area contributed by atoms with Gasteiger partial charge in [0.05, 0.1) is 11.2 Å². The van der Waals surface area contributed by atoms with Crippen LogP contribution < -0.4 is 0 Å². The molecule has 0 radical (unpaired) electrons. The van der Waals surface area contributed by atoms with Crippen molar-refractivity contribution < 1.29 is 0 Å². The Morgan fingerprint density at radius 1 is 0.395 bits per heavy atom. The van der Waals surface area contributed by atoms with Crippen LogP contribution in [-0.2, 0) is 0 Å². The Bertz CT molecular complexity index is 2520. The van der Waals surface area contributed by atoms with Gasteiger partial charge in [-0.25, -0.2) is 4.98 Å². The lowest BCUT2D eigenvalue weighted by Gasteiger charge is -2.11. The maximum atomic E-state index is 5.24. The maximum absolute atomic E-state index is 5.24. The summed E-state index contributed by atoms with van der Waals surface area (Å²) in [6.45, 7) is 0. The van der Waals surface area contributed by atoms with Crippen molar-refractivity contribution in [3.8, 4) is 33.5 Å². The number of nitrogens with zero attached hydrogens (tertiary/aromatic N) is 1. The van der Waals surface area contributed by atoms with Crippen LogP contribution in [0.1, 0.15) is 0 Å². The first-order valence-electron chi connectivity index (χ1n) is 14.6. The van der Waals surface area contributed by atoms with E-state index >= 15 is 0 Å². The molecule has 2 aromatic heterocycles. The zero-order valence-corrected chi connectivity index (χ0v) is 24.1. The lowest BCUT2D eigenvalue weighted by atomic mass is 9.95. The van der Waals surface area contributed by atoms with Crippen LogP contribution in [0.3, 0.4) is 0 Å². The molecule has 0 saturated heterocycles. The summed E-state index contributed by atoms with van der Waals surface area (Å²) in [5, 5.41) is 8.76. The van der Waals surface area contributed by atoms with Crippen LogP contribution >= 0.6 is 11.3 Å². The van der Waals surface area contributed by atoms with Gasteiger partial charge in [-0.05, 0) is 80.2 Å². The Labute approximate surface area is 253 Å². The Balaban J connectivity index is 1.15. The zero-order valence-electron chi connectivity index (χ0n) is 23.3. The molecule has 0 aliphatic carbocycles. The molecule has 1 nitrogen and oxygen atoms in total. The topological polar surface area (TPSA) is 12.9 Å². The first-order valence-corrected chi connectivity index (χ1v) is 15.4. The minimum Gasteiger partial charge on any atom is -0.247 e. The van der Waals surface area contributed by atoms with Crippen LogP contribution in [-0.4, -0.2) is 4.98 Å². The fraction of sp³-hybridized carbons (Fsp3) is 0. The summed E-state index contributed by atoms with van der Waals surface area (Å²) < 4.78 is 2.60. The smallest absolute Gasteiger partial charge is 0.0803 e. The Hall–Kier alpha value is -5.31. The molecule has 0 spiro atoms. The van der Waals surface area contributed by atoms with Crippen LogP contribution in [0.5, 0.6) is 0 Å². The number of fused-ring (bicyclic) bond motifs is 7. The van der Waals surface area contributed by atoms with E-state index in [4.69, 9.17) is 4.98 Å². The van der Waals surface area contributed by atoms with Gasteiger partial charge in [0.2, 0.25) is 0 Å². The molecule has 0 atom stereocenters. The van der Waals surface area contributed by atoms with Crippen LogP contribution in [0.2, 0.25) is 0 Å². The summed E-state index contributed by atoms with van der Waals surface area (Å²) in [7, 11) is 0. The number of hydrogen-bond acceptors (Lipinski definition) is 2. The fourth-order valence-corrected chi connectivity index (χ4v) is 7.68. The monoisotopic (exact) mass is 563 g/mol. The van der Waals surface area contributed by atoms with E-state index in [2.05, 4.69) is 152 Å². The molecule has 200 valence electrons. The van der Waals surface area contributed by atoms with E-state index in [1.165, 1.54) is 69.4 Å². The van der Waals surface area contributed by atoms with Crippen molar-refractivity contribution in [2.45, 2.75) is 0 Å². The van der Waals surface area contributed by atoms with Gasteiger partial charge in [0.25, 0.3) is 0 Å². The molecule has 0 aliphatic heterocycles. The van der Waals surface area contributed by atoms with E-state index in [1.807, 2.05) is 11.3 Å². The van der Waals surface area contributed by atoms with Gasteiger partial charge in [-0.1, -0.05) is 115 Å². The molecular weight excluding hydrogens is 539 g/mol. The minimum atomic E-state index is 1.04. The molecule has 0 amide bonds. The average molecular weight is 564 g/mol. The highest BCUT2D eigenvalue weighted by Crippen LogP contribution is 2.43. The van der Waals surface area contributed by atoms with Crippen molar-refractivity contribution in [1.82, 2.24) is 4.98 Å². The molecule has 0 unspecified atom stereocenters. The van der Waals surface area contributed by atoms with Gasteiger partial charge in [0.15, 0.2) is 0 Å². The number of aromatic nitrogens is 1. The predicted molar refractivity (Wildman–Crippen MR) is 186 cm³/mol. The number of para-hydroxylation sites is 1. The van der Waals surface area contributed by atoms with Gasteiger partial charge >= 0.3 is 0 Å². The molecule has 7 aromatic carbocycles. The maximum Gasteiger partial charge on any atom is 0.0803 e. The van der Waals surface area contributed by atoms with Crippen molar-refractivity contribution in [1.29, 1.82) is 0 Å². The molecule has 0 N–H and O–H groups in total. The first kappa shape index (κ1) is 24.3. The van der Waals surface area contributed by atoms with Crippen LogP contribution in [0.4, 0.5) is 0 Å². The van der Waals surface area contributed by atoms with E-state index < -0.39 is 0 Å². The molecular formula is C41H25NS. The molecule has 9 rings (SSSR count).